The molecule has 25 heavy (non-hydrogen) atoms. The molecule has 2 N–H and O–H groups in total. The Morgan fingerprint density at radius 1 is 1.32 bits per heavy atom. The second-order valence-corrected chi connectivity index (χ2v) is 6.51. The van der Waals surface area contributed by atoms with E-state index in [1.54, 1.807) is 33.8 Å². The number of nitro groups is 1. The van der Waals surface area contributed by atoms with E-state index < -0.39 is 34.7 Å². The minimum absolute atomic E-state index is 0.0743. The largest absolute Gasteiger partial charge is 0.481 e. The van der Waals surface area contributed by atoms with Crippen LogP contribution in [-0.4, -0.2) is 39.8 Å². The number of aryl methyl sites for hydroxylation is 1. The molecule has 0 radical (unpaired) electrons. The summed E-state index contributed by atoms with van der Waals surface area (Å²) < 4.78 is 10.5. The smallest absolute Gasteiger partial charge is 0.408 e. The molecule has 0 aliphatic rings. The van der Waals surface area contributed by atoms with Gasteiger partial charge in [0.15, 0.2) is 11.8 Å². The van der Waals surface area contributed by atoms with Crippen LogP contribution in [-0.2, 0) is 9.53 Å². The second-order valence-electron chi connectivity index (χ2n) is 6.51. The number of nitrogens with zero attached hydrogens (tertiary/aromatic N) is 1. The Labute approximate surface area is 145 Å². The summed E-state index contributed by atoms with van der Waals surface area (Å²) in [5.74, 6) is -1.43. The Morgan fingerprint density at radius 2 is 1.92 bits per heavy atom. The van der Waals surface area contributed by atoms with Gasteiger partial charge in [0.25, 0.3) is 0 Å². The third-order valence-electron chi connectivity index (χ3n) is 3.03. The van der Waals surface area contributed by atoms with Crippen LogP contribution < -0.4 is 10.1 Å². The van der Waals surface area contributed by atoms with Crippen LogP contribution >= 0.6 is 0 Å². The van der Waals surface area contributed by atoms with Gasteiger partial charge < -0.3 is 19.9 Å². The average Bonchev–Trinajstić information content (AvgIpc) is 2.42. The molecule has 9 heteroatoms. The number of carboxylic acid groups (broad SMARTS) is 1. The first-order chi connectivity index (χ1) is 11.4. The molecule has 0 aliphatic heterocycles. The summed E-state index contributed by atoms with van der Waals surface area (Å²) in [5, 5.41) is 22.6. The molecule has 2 atom stereocenters. The van der Waals surface area contributed by atoms with E-state index >= 15 is 0 Å². The monoisotopic (exact) mass is 354 g/mol. The van der Waals surface area contributed by atoms with E-state index in [4.69, 9.17) is 9.47 Å². The number of aliphatic carboxylic acids is 1. The normalized spacial score (nSPS) is 13.5. The number of hydrogen-bond acceptors (Lipinski definition) is 6. The number of alkyl carbamates (subject to hydrolysis) is 1. The quantitative estimate of drug-likeness (QED) is 0.593. The summed E-state index contributed by atoms with van der Waals surface area (Å²) in [6.07, 6.45) is -2.00. The van der Waals surface area contributed by atoms with Crippen LogP contribution in [0.2, 0.25) is 0 Å². The van der Waals surface area contributed by atoms with E-state index in [1.165, 1.54) is 19.1 Å². The van der Waals surface area contributed by atoms with E-state index in [0.717, 1.165) is 0 Å². The van der Waals surface area contributed by atoms with Crippen molar-refractivity contribution in [3.05, 3.63) is 33.9 Å². The maximum Gasteiger partial charge on any atom is 0.408 e. The van der Waals surface area contributed by atoms with E-state index in [-0.39, 0.29) is 11.4 Å². The van der Waals surface area contributed by atoms with Crippen LogP contribution in [0, 0.1) is 17.0 Å². The van der Waals surface area contributed by atoms with Crippen molar-refractivity contribution in [1.29, 1.82) is 0 Å². The molecule has 0 saturated heterocycles. The van der Waals surface area contributed by atoms with Gasteiger partial charge in [0.1, 0.15) is 11.7 Å². The van der Waals surface area contributed by atoms with Crippen molar-refractivity contribution >= 4 is 17.7 Å². The van der Waals surface area contributed by atoms with Crippen molar-refractivity contribution in [1.82, 2.24) is 5.32 Å². The standard InChI is InChI=1S/C16H22N2O7/c1-9-6-7-11(18(22)23)12(8-9)24-10(2)13(14(19)20)17-15(21)25-16(3,4)5/h6-8,10,13H,1-5H3,(H,17,21)(H,19,20)/t10-,13-/m0/s1. The highest BCUT2D eigenvalue weighted by molar-refractivity contribution is 5.80. The second kappa shape index (κ2) is 7.82. The Hall–Kier alpha value is -2.84. The van der Waals surface area contributed by atoms with Gasteiger partial charge in [-0.05, 0) is 46.2 Å². The molecule has 1 aromatic carbocycles. The topological polar surface area (TPSA) is 128 Å². The van der Waals surface area contributed by atoms with Crippen molar-refractivity contribution in [2.45, 2.75) is 52.4 Å². The van der Waals surface area contributed by atoms with Crippen LogP contribution in [0.3, 0.4) is 0 Å². The van der Waals surface area contributed by atoms with Crippen molar-refractivity contribution < 1.29 is 29.1 Å². The lowest BCUT2D eigenvalue weighted by atomic mass is 10.1. The zero-order valence-corrected chi connectivity index (χ0v) is 14.7. The molecule has 1 rings (SSSR count). The van der Waals surface area contributed by atoms with Crippen molar-refractivity contribution in [3.8, 4) is 5.75 Å². The lowest BCUT2D eigenvalue weighted by Crippen LogP contribution is -2.51. The van der Waals surface area contributed by atoms with E-state index in [0.29, 0.717) is 5.56 Å². The molecule has 138 valence electrons. The zero-order valence-electron chi connectivity index (χ0n) is 14.7. The fourth-order valence-electron chi connectivity index (χ4n) is 1.95. The molecule has 0 aliphatic carbocycles. The number of hydrogen-bond donors (Lipinski definition) is 2. The SMILES string of the molecule is Cc1ccc([N+](=O)[O-])c(O[C@@H](C)[C@H](NC(=O)OC(C)(C)C)C(=O)O)c1. The number of rotatable bonds is 6. The first-order valence-electron chi connectivity index (χ1n) is 7.54. The minimum atomic E-state index is -1.45. The first kappa shape index (κ1) is 20.2. The van der Waals surface area contributed by atoms with Crippen molar-refractivity contribution in [2.24, 2.45) is 0 Å². The third kappa shape index (κ3) is 6.28. The molecule has 0 aromatic heterocycles. The molecule has 0 bridgehead atoms. The molecular formula is C16H22N2O7. The lowest BCUT2D eigenvalue weighted by Gasteiger charge is -2.25. The molecule has 0 saturated carbocycles. The van der Waals surface area contributed by atoms with E-state index in [2.05, 4.69) is 5.32 Å². The number of carbonyl (C=O) groups excluding carboxylic acids is 1. The van der Waals surface area contributed by atoms with Crippen molar-refractivity contribution in [2.75, 3.05) is 0 Å². The average molecular weight is 354 g/mol. The summed E-state index contributed by atoms with van der Waals surface area (Å²) in [4.78, 5) is 33.7. The third-order valence-corrected chi connectivity index (χ3v) is 3.03. The Bertz CT molecular complexity index is 667. The minimum Gasteiger partial charge on any atom is -0.481 e. The maximum atomic E-state index is 11.8. The van der Waals surface area contributed by atoms with Gasteiger partial charge in [-0.3, -0.25) is 10.1 Å². The van der Waals surface area contributed by atoms with Crippen LogP contribution in [0.1, 0.15) is 33.3 Å². The highest BCUT2D eigenvalue weighted by Gasteiger charge is 2.31. The number of carbonyl (C=O) groups is 2. The van der Waals surface area contributed by atoms with Gasteiger partial charge in [-0.2, -0.15) is 0 Å². The number of carboxylic acids is 1. The number of nitrogens with one attached hydrogen (secondary N) is 1. The molecule has 0 spiro atoms. The fraction of sp³-hybridized carbons (Fsp3) is 0.500. The van der Waals surface area contributed by atoms with Crippen molar-refractivity contribution in [3.63, 3.8) is 0 Å². The molecule has 9 nitrogen and oxygen atoms in total. The molecule has 1 aromatic rings. The van der Waals surface area contributed by atoms with Crippen LogP contribution in [0.5, 0.6) is 5.75 Å². The highest BCUT2D eigenvalue weighted by Crippen LogP contribution is 2.29. The zero-order chi connectivity index (χ0) is 19.4. The number of amides is 1. The van der Waals surface area contributed by atoms with Crippen LogP contribution in [0.4, 0.5) is 10.5 Å². The molecular weight excluding hydrogens is 332 g/mol. The number of benzene rings is 1. The van der Waals surface area contributed by atoms with Gasteiger partial charge in [0, 0.05) is 6.07 Å². The van der Waals surface area contributed by atoms with Gasteiger partial charge >= 0.3 is 17.7 Å². The summed E-state index contributed by atoms with van der Waals surface area (Å²) in [6.45, 7) is 8.02. The Kier molecular flexibility index (Phi) is 6.32. The van der Waals surface area contributed by atoms with Gasteiger partial charge in [0.05, 0.1) is 4.92 Å². The summed E-state index contributed by atoms with van der Waals surface area (Å²) in [7, 11) is 0. The Morgan fingerprint density at radius 3 is 2.40 bits per heavy atom. The lowest BCUT2D eigenvalue weighted by molar-refractivity contribution is -0.386. The van der Waals surface area contributed by atoms with Gasteiger partial charge in [-0.15, -0.1) is 0 Å². The van der Waals surface area contributed by atoms with Gasteiger partial charge in [0.2, 0.25) is 0 Å². The predicted octanol–water partition coefficient (Wildman–Crippen LogP) is 2.65. The fourth-order valence-corrected chi connectivity index (χ4v) is 1.95. The first-order valence-corrected chi connectivity index (χ1v) is 7.54. The van der Waals surface area contributed by atoms with Crippen LogP contribution in [0.15, 0.2) is 18.2 Å². The van der Waals surface area contributed by atoms with E-state index in [9.17, 15) is 24.8 Å². The Balaban J connectivity index is 2.96. The molecule has 1 amide bonds. The van der Waals surface area contributed by atoms with Crippen LogP contribution in [0.25, 0.3) is 0 Å². The van der Waals surface area contributed by atoms with Gasteiger partial charge in [-0.1, -0.05) is 6.07 Å². The van der Waals surface area contributed by atoms with Gasteiger partial charge in [-0.25, -0.2) is 9.59 Å². The summed E-state index contributed by atoms with van der Waals surface area (Å²) in [6, 6.07) is 2.80. The number of ether oxygens (including phenoxy) is 2. The molecule has 0 unspecified atom stereocenters. The molecule has 0 heterocycles. The molecule has 0 fully saturated rings. The predicted molar refractivity (Wildman–Crippen MR) is 88.7 cm³/mol. The van der Waals surface area contributed by atoms with E-state index in [1.807, 2.05) is 0 Å². The summed E-state index contributed by atoms with van der Waals surface area (Å²) in [5.41, 5.74) is -0.384. The summed E-state index contributed by atoms with van der Waals surface area (Å²) >= 11 is 0. The highest BCUT2D eigenvalue weighted by atomic mass is 16.6. The number of nitro benzene ring substituents is 1. The maximum absolute atomic E-state index is 11.8.